The SMILES string of the molecule is Cc1nc2c(F)cc(-c3nc(Nc4ccc(C(=O)N5CCN[C@@H](C)C5)cn4)ncc3F)cc2n1C(C)C. The molecule has 37 heavy (non-hydrogen) atoms. The summed E-state index contributed by atoms with van der Waals surface area (Å²) in [5, 5.41) is 6.24. The Labute approximate surface area is 213 Å². The predicted octanol–water partition coefficient (Wildman–Crippen LogP) is 4.23. The monoisotopic (exact) mass is 506 g/mol. The lowest BCUT2D eigenvalue weighted by atomic mass is 10.1. The molecule has 4 heterocycles. The van der Waals surface area contributed by atoms with Crippen LogP contribution in [-0.4, -0.2) is 61.0 Å². The van der Waals surface area contributed by atoms with E-state index in [0.717, 1.165) is 12.7 Å². The van der Waals surface area contributed by atoms with Gasteiger partial charge < -0.3 is 20.1 Å². The molecule has 1 aromatic carbocycles. The minimum Gasteiger partial charge on any atom is -0.336 e. The first-order valence-electron chi connectivity index (χ1n) is 12.2. The molecule has 1 aliphatic rings. The Bertz CT molecular complexity index is 1470. The van der Waals surface area contributed by atoms with Gasteiger partial charge in [0.1, 0.15) is 22.9 Å². The third-order valence-electron chi connectivity index (χ3n) is 6.37. The standard InChI is InChI=1S/C26H28F2N8O/c1-14(2)36-16(4)32-24-19(27)9-18(10-21(24)36)23-20(28)12-31-26(34-23)33-22-6-5-17(11-30-22)25(37)35-8-7-29-15(3)13-35/h5-6,9-12,14-15,29H,7-8,13H2,1-4H3,(H,30,31,33,34)/t15-/m0/s1. The third-order valence-corrected chi connectivity index (χ3v) is 6.37. The van der Waals surface area contributed by atoms with Crippen LogP contribution >= 0.6 is 0 Å². The minimum atomic E-state index is -0.684. The zero-order valence-corrected chi connectivity index (χ0v) is 21.1. The van der Waals surface area contributed by atoms with Crippen molar-refractivity contribution < 1.29 is 13.6 Å². The summed E-state index contributed by atoms with van der Waals surface area (Å²) in [6, 6.07) is 6.51. The summed E-state index contributed by atoms with van der Waals surface area (Å²) in [5.74, 6) is -0.169. The van der Waals surface area contributed by atoms with Crippen LogP contribution in [0.3, 0.4) is 0 Å². The van der Waals surface area contributed by atoms with Gasteiger partial charge in [-0.2, -0.15) is 0 Å². The smallest absolute Gasteiger partial charge is 0.255 e. The molecule has 3 aromatic heterocycles. The lowest BCUT2D eigenvalue weighted by Crippen LogP contribution is -2.51. The molecule has 0 aliphatic carbocycles. The fourth-order valence-corrected chi connectivity index (χ4v) is 4.70. The summed E-state index contributed by atoms with van der Waals surface area (Å²) in [5.41, 5.74) is 1.50. The predicted molar refractivity (Wildman–Crippen MR) is 137 cm³/mol. The second-order valence-electron chi connectivity index (χ2n) is 9.50. The number of aryl methyl sites for hydroxylation is 1. The first-order valence-corrected chi connectivity index (χ1v) is 12.2. The van der Waals surface area contributed by atoms with Crippen LogP contribution in [0.2, 0.25) is 0 Å². The van der Waals surface area contributed by atoms with Gasteiger partial charge in [-0.25, -0.2) is 28.7 Å². The van der Waals surface area contributed by atoms with E-state index >= 15 is 0 Å². The number of fused-ring (bicyclic) bond motifs is 1. The van der Waals surface area contributed by atoms with Gasteiger partial charge in [-0.05, 0) is 52.0 Å². The summed E-state index contributed by atoms with van der Waals surface area (Å²) in [4.78, 5) is 31.5. The Morgan fingerprint density at radius 3 is 2.65 bits per heavy atom. The van der Waals surface area contributed by atoms with E-state index in [9.17, 15) is 13.6 Å². The quantitative estimate of drug-likeness (QED) is 0.418. The summed E-state index contributed by atoms with van der Waals surface area (Å²) >= 11 is 0. The first kappa shape index (κ1) is 24.7. The Morgan fingerprint density at radius 2 is 1.95 bits per heavy atom. The van der Waals surface area contributed by atoms with E-state index in [1.807, 2.05) is 32.3 Å². The molecule has 11 heteroatoms. The van der Waals surface area contributed by atoms with Gasteiger partial charge in [0.15, 0.2) is 11.6 Å². The number of amides is 1. The van der Waals surface area contributed by atoms with Crippen molar-refractivity contribution in [2.45, 2.75) is 39.8 Å². The number of pyridine rings is 1. The van der Waals surface area contributed by atoms with Crippen LogP contribution in [0.25, 0.3) is 22.3 Å². The first-order chi connectivity index (χ1) is 17.7. The van der Waals surface area contributed by atoms with Crippen LogP contribution in [0, 0.1) is 18.6 Å². The van der Waals surface area contributed by atoms with Gasteiger partial charge in [-0.15, -0.1) is 0 Å². The number of piperazine rings is 1. The zero-order valence-electron chi connectivity index (χ0n) is 21.1. The van der Waals surface area contributed by atoms with Crippen molar-refractivity contribution in [2.75, 3.05) is 25.0 Å². The number of carbonyl (C=O) groups is 1. The second kappa shape index (κ2) is 9.81. The van der Waals surface area contributed by atoms with E-state index in [1.165, 1.54) is 12.3 Å². The lowest BCUT2D eigenvalue weighted by molar-refractivity contribution is 0.0708. The maximum absolute atomic E-state index is 14.9. The van der Waals surface area contributed by atoms with E-state index in [1.54, 1.807) is 23.1 Å². The molecule has 0 unspecified atom stereocenters. The Balaban J connectivity index is 1.40. The van der Waals surface area contributed by atoms with Gasteiger partial charge in [0.2, 0.25) is 5.95 Å². The second-order valence-corrected chi connectivity index (χ2v) is 9.50. The molecule has 0 bridgehead atoms. The molecule has 9 nitrogen and oxygen atoms in total. The molecule has 5 rings (SSSR count). The maximum Gasteiger partial charge on any atom is 0.255 e. The van der Waals surface area contributed by atoms with Gasteiger partial charge in [-0.3, -0.25) is 4.79 Å². The van der Waals surface area contributed by atoms with E-state index in [-0.39, 0.29) is 40.7 Å². The van der Waals surface area contributed by atoms with E-state index in [0.29, 0.717) is 35.8 Å². The number of anilines is 2. The largest absolute Gasteiger partial charge is 0.336 e. The van der Waals surface area contributed by atoms with Gasteiger partial charge in [-0.1, -0.05) is 0 Å². The topological polar surface area (TPSA) is 101 Å². The van der Waals surface area contributed by atoms with E-state index < -0.39 is 11.6 Å². The van der Waals surface area contributed by atoms with Crippen LogP contribution in [0.4, 0.5) is 20.5 Å². The van der Waals surface area contributed by atoms with E-state index in [2.05, 4.69) is 30.6 Å². The molecule has 1 atom stereocenters. The molecule has 1 aliphatic heterocycles. The zero-order chi connectivity index (χ0) is 26.3. The van der Waals surface area contributed by atoms with Crippen molar-refractivity contribution in [2.24, 2.45) is 0 Å². The van der Waals surface area contributed by atoms with Crippen LogP contribution in [0.5, 0.6) is 0 Å². The molecule has 1 amide bonds. The Hall–Kier alpha value is -3.99. The number of nitrogens with one attached hydrogen (secondary N) is 2. The molecular formula is C26H28F2N8O. The van der Waals surface area contributed by atoms with Gasteiger partial charge in [0.25, 0.3) is 5.91 Å². The maximum atomic E-state index is 14.9. The number of carbonyl (C=O) groups excluding carboxylic acids is 1. The van der Waals surface area contributed by atoms with Crippen molar-refractivity contribution >= 4 is 28.7 Å². The van der Waals surface area contributed by atoms with Gasteiger partial charge in [0, 0.05) is 43.5 Å². The summed E-state index contributed by atoms with van der Waals surface area (Å²) in [7, 11) is 0. The minimum absolute atomic E-state index is 0.0445. The van der Waals surface area contributed by atoms with Crippen LogP contribution in [0.15, 0.2) is 36.7 Å². The molecule has 1 fully saturated rings. The fourth-order valence-electron chi connectivity index (χ4n) is 4.70. The molecule has 192 valence electrons. The summed E-state index contributed by atoms with van der Waals surface area (Å²) in [6.45, 7) is 9.81. The van der Waals surface area contributed by atoms with Crippen LogP contribution in [0.1, 0.15) is 43.0 Å². The van der Waals surface area contributed by atoms with Crippen molar-refractivity contribution in [3.63, 3.8) is 0 Å². The van der Waals surface area contributed by atoms with E-state index in [4.69, 9.17) is 0 Å². The third kappa shape index (κ3) is 4.86. The average molecular weight is 507 g/mol. The molecule has 1 saturated heterocycles. The lowest BCUT2D eigenvalue weighted by Gasteiger charge is -2.31. The van der Waals surface area contributed by atoms with Crippen LogP contribution in [-0.2, 0) is 0 Å². The number of nitrogens with zero attached hydrogens (tertiary/aromatic N) is 6. The van der Waals surface area contributed by atoms with Crippen molar-refractivity contribution in [1.29, 1.82) is 0 Å². The highest BCUT2D eigenvalue weighted by molar-refractivity contribution is 5.94. The molecular weight excluding hydrogens is 478 g/mol. The van der Waals surface area contributed by atoms with Crippen molar-refractivity contribution in [3.05, 3.63) is 59.7 Å². The summed E-state index contributed by atoms with van der Waals surface area (Å²) in [6.07, 6.45) is 2.52. The fraction of sp³-hybridized carbons (Fsp3) is 0.346. The van der Waals surface area contributed by atoms with Crippen molar-refractivity contribution in [1.82, 2.24) is 34.7 Å². The average Bonchev–Trinajstić information content (AvgIpc) is 3.22. The number of hydrogen-bond donors (Lipinski definition) is 2. The molecule has 0 saturated carbocycles. The van der Waals surface area contributed by atoms with Gasteiger partial charge in [0.05, 0.1) is 17.3 Å². The molecule has 0 radical (unpaired) electrons. The summed E-state index contributed by atoms with van der Waals surface area (Å²) < 4.78 is 31.6. The number of aromatic nitrogens is 5. The molecule has 2 N–H and O–H groups in total. The normalized spacial score (nSPS) is 16.0. The number of imidazole rings is 1. The number of benzene rings is 1. The van der Waals surface area contributed by atoms with Gasteiger partial charge >= 0.3 is 0 Å². The number of hydrogen-bond acceptors (Lipinski definition) is 7. The number of rotatable bonds is 5. The molecule has 0 spiro atoms. The number of halogens is 2. The Kier molecular flexibility index (Phi) is 6.55. The van der Waals surface area contributed by atoms with Crippen molar-refractivity contribution in [3.8, 4) is 11.3 Å². The highest BCUT2D eigenvalue weighted by atomic mass is 19.1. The van der Waals surface area contributed by atoms with Crippen LogP contribution < -0.4 is 10.6 Å². The highest BCUT2D eigenvalue weighted by Gasteiger charge is 2.22. The highest BCUT2D eigenvalue weighted by Crippen LogP contribution is 2.30. The molecule has 4 aromatic rings. The Morgan fingerprint density at radius 1 is 1.14 bits per heavy atom.